The molecule has 0 unspecified atom stereocenters. The molecule has 4 heteroatoms. The van der Waals surface area contributed by atoms with Gasteiger partial charge in [0.05, 0.1) is 0 Å². The van der Waals surface area contributed by atoms with E-state index in [1.807, 2.05) is 43.3 Å². The van der Waals surface area contributed by atoms with Gasteiger partial charge in [0.15, 0.2) is 0 Å². The summed E-state index contributed by atoms with van der Waals surface area (Å²) in [7, 11) is 3.89. The molecule has 0 spiro atoms. The van der Waals surface area contributed by atoms with Crippen LogP contribution in [-0.4, -0.2) is 14.1 Å². The SMILES string of the molecule is CN(C)c1cccc(Oc2cc(N)cc(F)c2)c1. The Balaban J connectivity index is 2.25. The molecule has 18 heavy (non-hydrogen) atoms. The molecule has 0 atom stereocenters. The van der Waals surface area contributed by atoms with Gasteiger partial charge in [-0.1, -0.05) is 6.07 Å². The molecule has 0 aliphatic rings. The fourth-order valence-electron chi connectivity index (χ4n) is 1.60. The van der Waals surface area contributed by atoms with Crippen LogP contribution in [0.15, 0.2) is 42.5 Å². The van der Waals surface area contributed by atoms with Crippen molar-refractivity contribution in [2.45, 2.75) is 0 Å². The maximum atomic E-state index is 13.2. The molecule has 2 N–H and O–H groups in total. The lowest BCUT2D eigenvalue weighted by atomic mass is 10.2. The van der Waals surface area contributed by atoms with Gasteiger partial charge in [-0.15, -0.1) is 0 Å². The quantitative estimate of drug-likeness (QED) is 0.845. The summed E-state index contributed by atoms with van der Waals surface area (Å²) in [5, 5.41) is 0. The molecule has 0 saturated heterocycles. The maximum absolute atomic E-state index is 13.2. The highest BCUT2D eigenvalue weighted by atomic mass is 19.1. The van der Waals surface area contributed by atoms with Crippen molar-refractivity contribution in [3.8, 4) is 11.5 Å². The molecule has 0 aromatic heterocycles. The van der Waals surface area contributed by atoms with Crippen LogP contribution in [0, 0.1) is 5.82 Å². The average molecular weight is 246 g/mol. The van der Waals surface area contributed by atoms with Crippen LogP contribution in [0.25, 0.3) is 0 Å². The first-order chi connectivity index (χ1) is 8.54. The minimum atomic E-state index is -0.409. The van der Waals surface area contributed by atoms with Gasteiger partial charge in [0.2, 0.25) is 0 Å². The van der Waals surface area contributed by atoms with Crippen molar-refractivity contribution in [1.82, 2.24) is 0 Å². The Bertz CT molecular complexity index is 535. The summed E-state index contributed by atoms with van der Waals surface area (Å²) in [6.45, 7) is 0. The van der Waals surface area contributed by atoms with Gasteiger partial charge < -0.3 is 15.4 Å². The fraction of sp³-hybridized carbons (Fsp3) is 0.143. The molecule has 0 fully saturated rings. The molecule has 2 aromatic rings. The Morgan fingerprint density at radius 1 is 1.06 bits per heavy atom. The maximum Gasteiger partial charge on any atom is 0.132 e. The van der Waals surface area contributed by atoms with E-state index in [4.69, 9.17) is 10.5 Å². The van der Waals surface area contributed by atoms with Crippen LogP contribution >= 0.6 is 0 Å². The Hall–Kier alpha value is -2.23. The Morgan fingerprint density at radius 2 is 1.83 bits per heavy atom. The van der Waals surface area contributed by atoms with E-state index in [1.165, 1.54) is 12.1 Å². The van der Waals surface area contributed by atoms with Crippen LogP contribution in [-0.2, 0) is 0 Å². The second-order valence-electron chi connectivity index (χ2n) is 4.21. The number of nitrogen functional groups attached to an aromatic ring is 1. The number of benzene rings is 2. The zero-order chi connectivity index (χ0) is 13.1. The van der Waals surface area contributed by atoms with Crippen molar-refractivity contribution in [2.75, 3.05) is 24.7 Å². The summed E-state index contributed by atoms with van der Waals surface area (Å²) in [6.07, 6.45) is 0. The van der Waals surface area contributed by atoms with Crippen LogP contribution in [0.5, 0.6) is 11.5 Å². The summed E-state index contributed by atoms with van der Waals surface area (Å²) < 4.78 is 18.8. The fourth-order valence-corrected chi connectivity index (χ4v) is 1.60. The summed E-state index contributed by atoms with van der Waals surface area (Å²) in [4.78, 5) is 1.97. The van der Waals surface area contributed by atoms with E-state index >= 15 is 0 Å². The third-order valence-corrected chi connectivity index (χ3v) is 2.46. The highest BCUT2D eigenvalue weighted by molar-refractivity contribution is 5.51. The Morgan fingerprint density at radius 3 is 2.50 bits per heavy atom. The molecule has 3 nitrogen and oxygen atoms in total. The zero-order valence-corrected chi connectivity index (χ0v) is 10.4. The Kier molecular flexibility index (Phi) is 3.37. The largest absolute Gasteiger partial charge is 0.457 e. The first kappa shape index (κ1) is 12.2. The van der Waals surface area contributed by atoms with Crippen LogP contribution in [0.3, 0.4) is 0 Å². The van der Waals surface area contributed by atoms with E-state index in [2.05, 4.69) is 0 Å². The van der Waals surface area contributed by atoms with Crippen molar-refractivity contribution in [1.29, 1.82) is 0 Å². The lowest BCUT2D eigenvalue weighted by Crippen LogP contribution is -2.08. The molecule has 0 aliphatic heterocycles. The smallest absolute Gasteiger partial charge is 0.132 e. The minimum absolute atomic E-state index is 0.341. The van der Waals surface area contributed by atoms with Gasteiger partial charge in [-0.2, -0.15) is 0 Å². The van der Waals surface area contributed by atoms with E-state index in [9.17, 15) is 4.39 Å². The van der Waals surface area contributed by atoms with Crippen molar-refractivity contribution < 1.29 is 9.13 Å². The summed E-state index contributed by atoms with van der Waals surface area (Å²) in [5.41, 5.74) is 6.92. The standard InChI is InChI=1S/C14H15FN2O/c1-17(2)12-4-3-5-13(9-12)18-14-7-10(15)6-11(16)8-14/h3-9H,16H2,1-2H3. The first-order valence-electron chi connectivity index (χ1n) is 5.56. The number of rotatable bonds is 3. The van der Waals surface area contributed by atoms with Gasteiger partial charge in [-0.05, 0) is 18.2 Å². The number of hydrogen-bond acceptors (Lipinski definition) is 3. The van der Waals surface area contributed by atoms with Gasteiger partial charge in [0, 0.05) is 43.7 Å². The second kappa shape index (κ2) is 4.96. The number of ether oxygens (including phenoxy) is 1. The van der Waals surface area contributed by atoms with Crippen LogP contribution in [0.1, 0.15) is 0 Å². The number of hydrogen-bond donors (Lipinski definition) is 1. The van der Waals surface area contributed by atoms with Gasteiger partial charge in [0.1, 0.15) is 17.3 Å². The topological polar surface area (TPSA) is 38.5 Å². The van der Waals surface area contributed by atoms with Gasteiger partial charge >= 0.3 is 0 Å². The summed E-state index contributed by atoms with van der Waals surface area (Å²) >= 11 is 0. The van der Waals surface area contributed by atoms with Gasteiger partial charge in [-0.3, -0.25) is 0 Å². The molecule has 0 saturated carbocycles. The number of anilines is 2. The molecular formula is C14H15FN2O. The zero-order valence-electron chi connectivity index (χ0n) is 10.4. The van der Waals surface area contributed by atoms with Gasteiger partial charge in [-0.25, -0.2) is 4.39 Å². The Labute approximate surface area is 106 Å². The summed E-state index contributed by atoms with van der Waals surface area (Å²) in [6, 6.07) is 11.7. The minimum Gasteiger partial charge on any atom is -0.457 e. The molecule has 2 rings (SSSR count). The van der Waals surface area contributed by atoms with E-state index in [0.29, 0.717) is 17.2 Å². The predicted octanol–water partition coefficient (Wildman–Crippen LogP) is 3.27. The van der Waals surface area contributed by atoms with E-state index in [0.717, 1.165) is 5.69 Å². The van der Waals surface area contributed by atoms with E-state index < -0.39 is 5.82 Å². The number of nitrogens with zero attached hydrogens (tertiary/aromatic N) is 1. The first-order valence-corrected chi connectivity index (χ1v) is 5.56. The van der Waals surface area contributed by atoms with Crippen molar-refractivity contribution in [3.63, 3.8) is 0 Å². The molecule has 0 bridgehead atoms. The molecule has 0 aliphatic carbocycles. The second-order valence-corrected chi connectivity index (χ2v) is 4.21. The van der Waals surface area contributed by atoms with Gasteiger partial charge in [0.25, 0.3) is 0 Å². The predicted molar refractivity (Wildman–Crippen MR) is 71.7 cm³/mol. The highest BCUT2D eigenvalue weighted by Crippen LogP contribution is 2.27. The number of nitrogens with two attached hydrogens (primary N) is 1. The normalized spacial score (nSPS) is 10.2. The third kappa shape index (κ3) is 2.91. The van der Waals surface area contributed by atoms with E-state index in [-0.39, 0.29) is 0 Å². The van der Waals surface area contributed by atoms with E-state index in [1.54, 1.807) is 6.07 Å². The molecule has 94 valence electrons. The van der Waals surface area contributed by atoms with Crippen LogP contribution < -0.4 is 15.4 Å². The van der Waals surface area contributed by atoms with Crippen molar-refractivity contribution in [3.05, 3.63) is 48.3 Å². The molecule has 2 aromatic carbocycles. The molecule has 0 radical (unpaired) electrons. The average Bonchev–Trinajstić information content (AvgIpc) is 2.27. The lowest BCUT2D eigenvalue weighted by molar-refractivity contribution is 0.477. The lowest BCUT2D eigenvalue weighted by Gasteiger charge is -2.14. The summed E-state index contributed by atoms with van der Waals surface area (Å²) in [5.74, 6) is 0.628. The van der Waals surface area contributed by atoms with Crippen molar-refractivity contribution >= 4 is 11.4 Å². The molecular weight excluding hydrogens is 231 g/mol. The molecule has 0 heterocycles. The van der Waals surface area contributed by atoms with Crippen LogP contribution in [0.4, 0.5) is 15.8 Å². The van der Waals surface area contributed by atoms with Crippen molar-refractivity contribution in [2.24, 2.45) is 0 Å². The highest BCUT2D eigenvalue weighted by Gasteiger charge is 2.03. The molecule has 0 amide bonds. The number of halogens is 1. The third-order valence-electron chi connectivity index (χ3n) is 2.46. The monoisotopic (exact) mass is 246 g/mol. The van der Waals surface area contributed by atoms with Crippen LogP contribution in [0.2, 0.25) is 0 Å².